The van der Waals surface area contributed by atoms with Crippen molar-refractivity contribution >= 4 is 27.8 Å². The maximum Gasteiger partial charge on any atom is 0.0467 e. The fraction of sp³-hybridized carbons (Fsp3) is 0.0492. The molecular weight excluding hydrogens is 747 g/mol. The lowest BCUT2D eigenvalue weighted by Crippen LogP contribution is -2.14. The predicted molar refractivity (Wildman–Crippen MR) is 263 cm³/mol. The molecule has 1 aliphatic carbocycles. The Morgan fingerprint density at radius 2 is 0.710 bits per heavy atom. The minimum absolute atomic E-state index is 0.0447. The highest BCUT2D eigenvalue weighted by Gasteiger charge is 2.36. The molecule has 0 saturated carbocycles. The molecule has 0 saturated heterocycles. The van der Waals surface area contributed by atoms with Gasteiger partial charge in [0.2, 0.25) is 0 Å². The first-order valence-electron chi connectivity index (χ1n) is 21.6. The molecule has 0 heterocycles. The summed E-state index contributed by atoms with van der Waals surface area (Å²) < 4.78 is 0. The molecule has 0 aliphatic heterocycles. The molecule has 0 aromatic heterocycles. The molecule has 11 rings (SSSR count). The molecule has 1 aliphatic rings. The van der Waals surface area contributed by atoms with Crippen LogP contribution in [0.4, 0.5) is 17.1 Å². The second kappa shape index (κ2) is 15.4. The fourth-order valence-electron chi connectivity index (χ4n) is 9.57. The summed E-state index contributed by atoms with van der Waals surface area (Å²) in [6.45, 7) is 4.70. The van der Waals surface area contributed by atoms with E-state index in [0.717, 1.165) is 17.1 Å². The minimum Gasteiger partial charge on any atom is -0.310 e. The molecular formula is C61H45N. The van der Waals surface area contributed by atoms with Crippen LogP contribution in [0.2, 0.25) is 0 Å². The van der Waals surface area contributed by atoms with Gasteiger partial charge in [0.25, 0.3) is 0 Å². The monoisotopic (exact) mass is 791 g/mol. The highest BCUT2D eigenvalue weighted by atomic mass is 15.1. The highest BCUT2D eigenvalue weighted by molar-refractivity contribution is 5.93. The van der Waals surface area contributed by atoms with Crippen molar-refractivity contribution in [3.8, 4) is 66.8 Å². The lowest BCUT2D eigenvalue weighted by molar-refractivity contribution is 0.660. The van der Waals surface area contributed by atoms with Crippen molar-refractivity contribution in [2.24, 2.45) is 0 Å². The number of rotatable bonds is 8. The highest BCUT2D eigenvalue weighted by Crippen LogP contribution is 2.52. The maximum atomic E-state index is 2.38. The summed E-state index contributed by atoms with van der Waals surface area (Å²) in [5, 5.41) is 2.52. The van der Waals surface area contributed by atoms with Crippen molar-refractivity contribution in [1.82, 2.24) is 0 Å². The van der Waals surface area contributed by atoms with Crippen LogP contribution in [-0.4, -0.2) is 0 Å². The smallest absolute Gasteiger partial charge is 0.0467 e. The number of hydrogen-bond acceptors (Lipinski definition) is 1. The summed E-state index contributed by atoms with van der Waals surface area (Å²) in [7, 11) is 0. The maximum absolute atomic E-state index is 2.38. The molecule has 0 radical (unpaired) electrons. The van der Waals surface area contributed by atoms with Crippen molar-refractivity contribution in [3.63, 3.8) is 0 Å². The van der Waals surface area contributed by atoms with Crippen LogP contribution >= 0.6 is 0 Å². The molecule has 0 fully saturated rings. The lowest BCUT2D eigenvalue weighted by Gasteiger charge is -2.26. The molecule has 1 heteroatoms. The molecule has 0 spiro atoms. The van der Waals surface area contributed by atoms with Crippen LogP contribution in [0.1, 0.15) is 25.0 Å². The van der Waals surface area contributed by atoms with Crippen LogP contribution in [0, 0.1) is 0 Å². The van der Waals surface area contributed by atoms with E-state index < -0.39 is 0 Å². The van der Waals surface area contributed by atoms with Crippen LogP contribution in [0.3, 0.4) is 0 Å². The first kappa shape index (κ1) is 37.3. The van der Waals surface area contributed by atoms with Crippen LogP contribution in [0.15, 0.2) is 237 Å². The van der Waals surface area contributed by atoms with Crippen molar-refractivity contribution in [2.75, 3.05) is 4.90 Å². The third kappa shape index (κ3) is 6.69. The molecule has 10 aromatic rings. The van der Waals surface area contributed by atoms with Gasteiger partial charge in [-0.1, -0.05) is 208 Å². The van der Waals surface area contributed by atoms with Gasteiger partial charge in [0.15, 0.2) is 0 Å². The molecule has 10 aromatic carbocycles. The summed E-state index contributed by atoms with van der Waals surface area (Å²) in [5.41, 5.74) is 20.8. The molecule has 0 amide bonds. The van der Waals surface area contributed by atoms with Crippen molar-refractivity contribution in [2.45, 2.75) is 19.3 Å². The third-order valence-corrected chi connectivity index (χ3v) is 12.9. The van der Waals surface area contributed by atoms with Gasteiger partial charge < -0.3 is 4.90 Å². The van der Waals surface area contributed by atoms with Crippen LogP contribution in [0.5, 0.6) is 0 Å². The number of nitrogens with zero attached hydrogens (tertiary/aromatic N) is 1. The Kier molecular flexibility index (Phi) is 9.24. The summed E-state index contributed by atoms with van der Waals surface area (Å²) in [6.07, 6.45) is 0. The molecule has 0 N–H and O–H groups in total. The molecule has 1 nitrogen and oxygen atoms in total. The quantitative estimate of drug-likeness (QED) is 0.148. The van der Waals surface area contributed by atoms with E-state index in [2.05, 4.69) is 255 Å². The third-order valence-electron chi connectivity index (χ3n) is 12.9. The first-order valence-corrected chi connectivity index (χ1v) is 21.6. The predicted octanol–water partition coefficient (Wildman–Crippen LogP) is 17.0. The number of benzene rings is 10. The van der Waals surface area contributed by atoms with Gasteiger partial charge in [-0.15, -0.1) is 0 Å². The topological polar surface area (TPSA) is 3.24 Å². The van der Waals surface area contributed by atoms with E-state index in [0.29, 0.717) is 0 Å². The lowest BCUT2D eigenvalue weighted by atomic mass is 9.82. The Labute approximate surface area is 364 Å². The van der Waals surface area contributed by atoms with E-state index in [4.69, 9.17) is 0 Å². The van der Waals surface area contributed by atoms with Gasteiger partial charge in [-0.3, -0.25) is 0 Å². The zero-order valence-electron chi connectivity index (χ0n) is 35.0. The SMILES string of the molecule is CC1(C)c2ccccc2-c2c(-c3ccc(N(c4ccc(-c5ccc(-c6ccc7ccccc7c6)cc5)cc4)c4cccc(-c5ccc(-c6ccccc6)cc5)c4)cc3)cccc21. The van der Waals surface area contributed by atoms with Gasteiger partial charge in [-0.2, -0.15) is 0 Å². The van der Waals surface area contributed by atoms with Gasteiger partial charge in [0, 0.05) is 22.5 Å². The zero-order chi connectivity index (χ0) is 41.6. The van der Waals surface area contributed by atoms with E-state index >= 15 is 0 Å². The van der Waals surface area contributed by atoms with Crippen molar-refractivity contribution in [1.29, 1.82) is 0 Å². The second-order valence-electron chi connectivity index (χ2n) is 17.0. The van der Waals surface area contributed by atoms with Crippen LogP contribution < -0.4 is 4.90 Å². The Hall–Kier alpha value is -7.74. The van der Waals surface area contributed by atoms with Gasteiger partial charge >= 0.3 is 0 Å². The summed E-state index contributed by atoms with van der Waals surface area (Å²) in [6, 6.07) is 86.5. The van der Waals surface area contributed by atoms with E-state index in [9.17, 15) is 0 Å². The van der Waals surface area contributed by atoms with E-state index in [1.807, 2.05) is 0 Å². The van der Waals surface area contributed by atoms with Gasteiger partial charge in [0.1, 0.15) is 0 Å². The Balaban J connectivity index is 0.950. The van der Waals surface area contributed by atoms with E-state index in [-0.39, 0.29) is 5.41 Å². The number of anilines is 3. The number of hydrogen-bond donors (Lipinski definition) is 0. The summed E-state index contributed by atoms with van der Waals surface area (Å²) in [4.78, 5) is 2.38. The molecule has 0 atom stereocenters. The minimum atomic E-state index is -0.0447. The molecule has 0 unspecified atom stereocenters. The fourth-order valence-corrected chi connectivity index (χ4v) is 9.57. The van der Waals surface area contributed by atoms with Crippen molar-refractivity contribution < 1.29 is 0 Å². The average molecular weight is 792 g/mol. The first-order chi connectivity index (χ1) is 30.5. The standard InChI is InChI=1S/C61H45N/c1-61(2)58-20-9-8-18-57(58)60-56(19-11-21-59(60)61)49-34-38-54(39-35-49)62(55-17-10-16-51(41-55)47-26-22-44(23-27-47)42-12-4-3-5-13-42)53-36-32-46(33-37-53)45-24-28-48(29-25-45)52-31-30-43-14-6-7-15-50(43)40-52/h3-41H,1-2H3. The Bertz CT molecular complexity index is 3210. The zero-order valence-corrected chi connectivity index (χ0v) is 35.0. The normalized spacial score (nSPS) is 12.5. The summed E-state index contributed by atoms with van der Waals surface area (Å²) in [5.74, 6) is 0. The van der Waals surface area contributed by atoms with E-state index in [1.165, 1.54) is 88.7 Å². The number of fused-ring (bicyclic) bond motifs is 4. The van der Waals surface area contributed by atoms with Gasteiger partial charge in [0.05, 0.1) is 0 Å². The van der Waals surface area contributed by atoms with Gasteiger partial charge in [-0.05, 0) is 131 Å². The average Bonchev–Trinajstić information content (AvgIpc) is 3.58. The second-order valence-corrected chi connectivity index (χ2v) is 17.0. The van der Waals surface area contributed by atoms with Crippen molar-refractivity contribution in [3.05, 3.63) is 248 Å². The van der Waals surface area contributed by atoms with Crippen LogP contribution in [-0.2, 0) is 5.41 Å². The van der Waals surface area contributed by atoms with Gasteiger partial charge in [-0.25, -0.2) is 0 Å². The molecule has 0 bridgehead atoms. The Morgan fingerprint density at radius 3 is 1.37 bits per heavy atom. The van der Waals surface area contributed by atoms with Crippen LogP contribution in [0.25, 0.3) is 77.5 Å². The summed E-state index contributed by atoms with van der Waals surface area (Å²) >= 11 is 0. The molecule has 294 valence electrons. The molecule has 62 heavy (non-hydrogen) atoms. The van der Waals surface area contributed by atoms with E-state index in [1.54, 1.807) is 0 Å². The Morgan fingerprint density at radius 1 is 0.274 bits per heavy atom. The largest absolute Gasteiger partial charge is 0.310 e.